The van der Waals surface area contributed by atoms with E-state index in [-0.39, 0.29) is 34.8 Å². The van der Waals surface area contributed by atoms with Crippen LogP contribution in [-0.2, 0) is 11.3 Å². The fourth-order valence-corrected chi connectivity index (χ4v) is 2.56. The van der Waals surface area contributed by atoms with Crippen molar-refractivity contribution in [1.29, 1.82) is 0 Å². The van der Waals surface area contributed by atoms with Gasteiger partial charge in [0.1, 0.15) is 0 Å². The summed E-state index contributed by atoms with van der Waals surface area (Å²) in [6.07, 6.45) is 1.19. The van der Waals surface area contributed by atoms with Crippen LogP contribution in [-0.4, -0.2) is 26.2 Å². The lowest BCUT2D eigenvalue weighted by Crippen LogP contribution is -2.24. The highest BCUT2D eigenvalue weighted by Gasteiger charge is 2.13. The molecule has 0 fully saturated rings. The number of anilines is 1. The number of nitrogens with zero attached hydrogens (tertiary/aromatic N) is 3. The maximum Gasteiger partial charge on any atom is 0.271 e. The number of fused-ring (bicyclic) bond motifs is 1. The van der Waals surface area contributed by atoms with Gasteiger partial charge in [-0.2, -0.15) is 0 Å². The third-order valence-electron chi connectivity index (χ3n) is 3.86. The van der Waals surface area contributed by atoms with Gasteiger partial charge in [0.05, 0.1) is 28.7 Å². The number of carbonyl (C=O) groups excluding carboxylic acids is 2. The number of carbonyl (C=O) groups is 2. The number of aromatic nitrogens is 2. The fraction of sp³-hybridized carbons (Fsp3) is 0.111. The number of non-ortho nitro benzene ring substituents is 1. The largest absolute Gasteiger partial charge is 0.326 e. The van der Waals surface area contributed by atoms with Crippen molar-refractivity contribution in [2.45, 2.75) is 13.5 Å². The summed E-state index contributed by atoms with van der Waals surface area (Å²) in [6.45, 7) is 1.16. The summed E-state index contributed by atoms with van der Waals surface area (Å²) in [6, 6.07) is 10.0. The van der Waals surface area contributed by atoms with Gasteiger partial charge in [-0.3, -0.25) is 29.1 Å². The van der Waals surface area contributed by atoms with Gasteiger partial charge in [-0.1, -0.05) is 0 Å². The molecule has 0 spiro atoms. The van der Waals surface area contributed by atoms with E-state index in [1.165, 1.54) is 31.5 Å². The zero-order chi connectivity index (χ0) is 19.6. The molecule has 27 heavy (non-hydrogen) atoms. The standard InChI is InChI=1S/C18H14N4O5/c1-11(23)20-13-4-2-12(3-5-13)17(24)9-21-10-19-16-8-14(22(26)27)6-7-15(16)18(21)25/h2-8,10H,9H2,1H3,(H,20,23). The van der Waals surface area contributed by atoms with Crippen LogP contribution in [0.1, 0.15) is 17.3 Å². The maximum atomic E-state index is 12.5. The summed E-state index contributed by atoms with van der Waals surface area (Å²) in [4.78, 5) is 50.2. The molecule has 1 aromatic heterocycles. The SMILES string of the molecule is CC(=O)Nc1ccc(C(=O)Cn2cnc3cc([N+](=O)[O-])ccc3c2=O)cc1. The van der Waals surface area contributed by atoms with Gasteiger partial charge < -0.3 is 5.32 Å². The Labute approximate surface area is 152 Å². The van der Waals surface area contributed by atoms with Crippen LogP contribution in [0.25, 0.3) is 10.9 Å². The van der Waals surface area contributed by atoms with Gasteiger partial charge in [-0.05, 0) is 30.3 Å². The highest BCUT2D eigenvalue weighted by molar-refractivity contribution is 5.97. The minimum absolute atomic E-state index is 0.164. The summed E-state index contributed by atoms with van der Waals surface area (Å²) >= 11 is 0. The van der Waals surface area contributed by atoms with E-state index >= 15 is 0 Å². The van der Waals surface area contributed by atoms with Crippen LogP contribution in [0, 0.1) is 10.1 Å². The molecular formula is C18H14N4O5. The molecule has 0 saturated carbocycles. The van der Waals surface area contributed by atoms with E-state index in [0.29, 0.717) is 11.3 Å². The van der Waals surface area contributed by atoms with Crippen LogP contribution in [0.2, 0.25) is 0 Å². The predicted octanol–water partition coefficient (Wildman–Crippen LogP) is 2.15. The van der Waals surface area contributed by atoms with Crippen molar-refractivity contribution < 1.29 is 14.5 Å². The molecule has 2 aromatic carbocycles. The Morgan fingerprint density at radius 1 is 1.19 bits per heavy atom. The average Bonchev–Trinajstić information content (AvgIpc) is 2.63. The summed E-state index contributed by atoms with van der Waals surface area (Å²) in [5.41, 5.74) is 0.503. The first-order chi connectivity index (χ1) is 12.8. The molecule has 0 unspecified atom stereocenters. The van der Waals surface area contributed by atoms with Gasteiger partial charge in [0.15, 0.2) is 5.78 Å². The molecule has 0 aliphatic carbocycles. The highest BCUT2D eigenvalue weighted by Crippen LogP contribution is 2.16. The molecule has 0 saturated heterocycles. The number of hydrogen-bond donors (Lipinski definition) is 1. The van der Waals surface area contributed by atoms with Gasteiger partial charge in [-0.15, -0.1) is 0 Å². The first kappa shape index (κ1) is 17.9. The topological polar surface area (TPSA) is 124 Å². The van der Waals surface area contributed by atoms with Crippen molar-refractivity contribution in [1.82, 2.24) is 9.55 Å². The second-order valence-electron chi connectivity index (χ2n) is 5.82. The molecule has 0 aliphatic heterocycles. The predicted molar refractivity (Wildman–Crippen MR) is 97.7 cm³/mol. The minimum Gasteiger partial charge on any atom is -0.326 e. The summed E-state index contributed by atoms with van der Waals surface area (Å²) < 4.78 is 1.15. The Balaban J connectivity index is 1.85. The van der Waals surface area contributed by atoms with E-state index in [4.69, 9.17) is 0 Å². The number of amides is 1. The molecular weight excluding hydrogens is 352 g/mol. The van der Waals surface area contributed by atoms with Crippen molar-refractivity contribution in [2.24, 2.45) is 0 Å². The number of nitro groups is 1. The summed E-state index contributed by atoms with van der Waals surface area (Å²) in [7, 11) is 0. The molecule has 136 valence electrons. The van der Waals surface area contributed by atoms with Crippen molar-refractivity contribution in [2.75, 3.05) is 5.32 Å². The lowest BCUT2D eigenvalue weighted by Gasteiger charge is -2.07. The molecule has 1 amide bonds. The van der Waals surface area contributed by atoms with Crippen molar-refractivity contribution in [3.63, 3.8) is 0 Å². The van der Waals surface area contributed by atoms with Gasteiger partial charge in [0.25, 0.3) is 11.2 Å². The van der Waals surface area contributed by atoms with E-state index < -0.39 is 10.5 Å². The summed E-state index contributed by atoms with van der Waals surface area (Å²) in [5.74, 6) is -0.530. The van der Waals surface area contributed by atoms with E-state index in [0.717, 1.165) is 4.57 Å². The van der Waals surface area contributed by atoms with E-state index in [2.05, 4.69) is 10.3 Å². The van der Waals surface area contributed by atoms with E-state index in [9.17, 15) is 24.5 Å². The summed E-state index contributed by atoms with van der Waals surface area (Å²) in [5, 5.41) is 13.6. The van der Waals surface area contributed by atoms with Crippen LogP contribution in [0.5, 0.6) is 0 Å². The zero-order valence-electron chi connectivity index (χ0n) is 14.2. The van der Waals surface area contributed by atoms with Crippen LogP contribution >= 0.6 is 0 Å². The molecule has 9 nitrogen and oxygen atoms in total. The molecule has 1 N–H and O–H groups in total. The van der Waals surface area contributed by atoms with Crippen LogP contribution in [0.4, 0.5) is 11.4 Å². The van der Waals surface area contributed by atoms with Gasteiger partial charge in [0, 0.05) is 30.3 Å². The average molecular weight is 366 g/mol. The fourth-order valence-electron chi connectivity index (χ4n) is 2.56. The number of hydrogen-bond acceptors (Lipinski definition) is 6. The Morgan fingerprint density at radius 2 is 1.89 bits per heavy atom. The second-order valence-corrected chi connectivity index (χ2v) is 5.82. The Kier molecular flexibility index (Phi) is 4.75. The molecule has 0 aliphatic rings. The molecule has 0 radical (unpaired) electrons. The lowest BCUT2D eigenvalue weighted by atomic mass is 10.1. The van der Waals surface area contributed by atoms with Gasteiger partial charge >= 0.3 is 0 Å². The Hall–Kier alpha value is -3.88. The quantitative estimate of drug-likeness (QED) is 0.419. The maximum absolute atomic E-state index is 12.5. The van der Waals surface area contributed by atoms with Crippen molar-refractivity contribution in [3.8, 4) is 0 Å². The van der Waals surface area contributed by atoms with E-state index in [1.807, 2.05) is 0 Å². The van der Waals surface area contributed by atoms with Crippen molar-refractivity contribution in [3.05, 3.63) is 74.8 Å². The Bertz CT molecular complexity index is 1120. The molecule has 0 atom stereocenters. The molecule has 3 rings (SSSR count). The number of rotatable bonds is 5. The van der Waals surface area contributed by atoms with Crippen LogP contribution < -0.4 is 10.9 Å². The number of Topliss-reactive ketones (excluding diaryl/α,β-unsaturated/α-hetero) is 1. The zero-order valence-corrected chi connectivity index (χ0v) is 14.2. The number of ketones is 1. The first-order valence-corrected chi connectivity index (χ1v) is 7.89. The van der Waals surface area contributed by atoms with Crippen molar-refractivity contribution >= 4 is 34.0 Å². The molecule has 0 bridgehead atoms. The minimum atomic E-state index is -0.569. The first-order valence-electron chi connectivity index (χ1n) is 7.89. The molecule has 3 aromatic rings. The highest BCUT2D eigenvalue weighted by atomic mass is 16.6. The second kappa shape index (κ2) is 7.16. The van der Waals surface area contributed by atoms with E-state index in [1.54, 1.807) is 24.3 Å². The Morgan fingerprint density at radius 3 is 2.52 bits per heavy atom. The lowest BCUT2D eigenvalue weighted by molar-refractivity contribution is -0.384. The van der Waals surface area contributed by atoms with Crippen LogP contribution in [0.3, 0.4) is 0 Å². The van der Waals surface area contributed by atoms with Gasteiger partial charge in [-0.25, -0.2) is 4.98 Å². The third-order valence-corrected chi connectivity index (χ3v) is 3.86. The van der Waals surface area contributed by atoms with Gasteiger partial charge in [0.2, 0.25) is 5.91 Å². The number of nitro benzene ring substituents is 1. The smallest absolute Gasteiger partial charge is 0.271 e. The number of nitrogens with one attached hydrogen (secondary N) is 1. The normalized spacial score (nSPS) is 10.6. The third kappa shape index (κ3) is 3.87. The monoisotopic (exact) mass is 366 g/mol. The molecule has 1 heterocycles. The van der Waals surface area contributed by atoms with Crippen LogP contribution in [0.15, 0.2) is 53.6 Å². The molecule has 9 heteroatoms. The number of benzene rings is 2.